The highest BCUT2D eigenvalue weighted by Gasteiger charge is 2.16. The van der Waals surface area contributed by atoms with Crippen molar-refractivity contribution in [3.63, 3.8) is 0 Å². The lowest BCUT2D eigenvalue weighted by Gasteiger charge is -2.08. The number of carbonyl (C=O) groups is 1. The molecule has 194 valence electrons. The van der Waals surface area contributed by atoms with Gasteiger partial charge in [0.2, 0.25) is 5.91 Å². The molecule has 40 heavy (non-hydrogen) atoms. The van der Waals surface area contributed by atoms with Crippen molar-refractivity contribution < 1.29 is 4.79 Å². The molecule has 0 aliphatic carbocycles. The van der Waals surface area contributed by atoms with Crippen LogP contribution in [0.4, 0.5) is 5.69 Å². The maximum absolute atomic E-state index is 12.6. The number of imidazole rings is 2. The third-order valence-corrected chi connectivity index (χ3v) is 6.71. The van der Waals surface area contributed by atoms with Gasteiger partial charge in [-0.15, -0.1) is 0 Å². The highest BCUT2D eigenvalue weighted by molar-refractivity contribution is 5.97. The Bertz CT molecular complexity index is 2000. The van der Waals surface area contributed by atoms with Gasteiger partial charge in [-0.3, -0.25) is 19.9 Å². The van der Waals surface area contributed by atoms with E-state index in [-0.39, 0.29) is 5.91 Å². The number of amides is 1. The lowest BCUT2D eigenvalue weighted by molar-refractivity contribution is -0.115. The summed E-state index contributed by atoms with van der Waals surface area (Å²) in [5, 5.41) is 11.5. The van der Waals surface area contributed by atoms with Crippen LogP contribution in [0.5, 0.6) is 0 Å². The van der Waals surface area contributed by atoms with Crippen LogP contribution in [0.3, 0.4) is 0 Å². The second-order valence-corrected chi connectivity index (χ2v) is 9.57. The van der Waals surface area contributed by atoms with Crippen LogP contribution in [-0.2, 0) is 11.2 Å². The molecule has 0 unspecified atom stereocenters. The number of rotatable bonds is 6. The Morgan fingerprint density at radius 1 is 0.950 bits per heavy atom. The monoisotopic (exact) mass is 525 g/mol. The number of H-pyrrole nitrogens is 2. The van der Waals surface area contributed by atoms with Crippen LogP contribution >= 0.6 is 0 Å². The molecule has 0 bridgehead atoms. The Morgan fingerprint density at radius 2 is 1.82 bits per heavy atom. The standard InChI is InChI=1S/C30H23N9O/c1-18-16-39(17-33-18)26-15-32-14-25-29(26)36-30(35-25)28-23-11-20(7-8-24(23)37-38-28)21-10-22(13-31-12-21)34-27(40)9-19-5-3-2-4-6-19/h2-8,10-17H,9H2,1H3,(H,34,40)(H,35,36)(H,37,38). The van der Waals surface area contributed by atoms with E-state index in [1.807, 2.05) is 72.3 Å². The highest BCUT2D eigenvalue weighted by atomic mass is 16.1. The van der Waals surface area contributed by atoms with Gasteiger partial charge in [0.15, 0.2) is 5.82 Å². The Hall–Kier alpha value is -5.64. The lowest BCUT2D eigenvalue weighted by Crippen LogP contribution is -2.14. The number of hydrogen-bond acceptors (Lipinski definition) is 6. The van der Waals surface area contributed by atoms with Crippen molar-refractivity contribution in [1.82, 2.24) is 39.7 Å². The van der Waals surface area contributed by atoms with E-state index >= 15 is 0 Å². The number of aromatic nitrogens is 8. The molecular formula is C30H23N9O. The predicted octanol–water partition coefficient (Wildman–Crippen LogP) is 5.24. The molecule has 5 aromatic heterocycles. The molecule has 0 aliphatic rings. The van der Waals surface area contributed by atoms with Gasteiger partial charge in [0, 0.05) is 23.3 Å². The molecule has 0 fully saturated rings. The average Bonchev–Trinajstić information content (AvgIpc) is 3.71. The summed E-state index contributed by atoms with van der Waals surface area (Å²) in [5.41, 5.74) is 8.29. The van der Waals surface area contributed by atoms with E-state index in [0.29, 0.717) is 23.6 Å². The normalized spacial score (nSPS) is 11.3. The SMILES string of the molecule is Cc1cn(-c2cncc3[nH]c(-c4n[nH]c5ccc(-c6cncc(NC(=O)Cc7ccccc7)c6)cc45)nc23)cn1. The van der Waals surface area contributed by atoms with Crippen LogP contribution in [0.1, 0.15) is 11.3 Å². The molecule has 10 heteroatoms. The van der Waals surface area contributed by atoms with Crippen molar-refractivity contribution in [3.05, 3.63) is 103 Å². The van der Waals surface area contributed by atoms with E-state index in [2.05, 4.69) is 35.5 Å². The number of hydrogen-bond donors (Lipinski definition) is 3. The Morgan fingerprint density at radius 3 is 2.67 bits per heavy atom. The minimum absolute atomic E-state index is 0.0951. The van der Waals surface area contributed by atoms with Gasteiger partial charge in [-0.1, -0.05) is 36.4 Å². The van der Waals surface area contributed by atoms with Crippen molar-refractivity contribution in [2.45, 2.75) is 13.3 Å². The molecule has 1 amide bonds. The number of aryl methyl sites for hydroxylation is 1. The summed E-state index contributed by atoms with van der Waals surface area (Å²) in [6.45, 7) is 1.94. The van der Waals surface area contributed by atoms with E-state index in [4.69, 9.17) is 4.98 Å². The van der Waals surface area contributed by atoms with Gasteiger partial charge in [-0.05, 0) is 36.2 Å². The second kappa shape index (κ2) is 9.59. The van der Waals surface area contributed by atoms with Crippen LogP contribution in [0.15, 0.2) is 91.9 Å². The summed E-state index contributed by atoms with van der Waals surface area (Å²) in [6.07, 6.45) is 10.9. The number of pyridine rings is 2. The van der Waals surface area contributed by atoms with Crippen molar-refractivity contribution in [1.29, 1.82) is 0 Å². The molecule has 10 nitrogen and oxygen atoms in total. The predicted molar refractivity (Wildman–Crippen MR) is 153 cm³/mol. The third kappa shape index (κ3) is 4.37. The molecular weight excluding hydrogens is 502 g/mol. The third-order valence-electron chi connectivity index (χ3n) is 6.71. The number of nitrogens with one attached hydrogen (secondary N) is 3. The molecule has 0 radical (unpaired) electrons. The van der Waals surface area contributed by atoms with Crippen LogP contribution in [-0.4, -0.2) is 45.6 Å². The van der Waals surface area contributed by atoms with Gasteiger partial charge in [0.05, 0.1) is 59.4 Å². The van der Waals surface area contributed by atoms with E-state index < -0.39 is 0 Å². The Balaban J connectivity index is 1.21. The second-order valence-electron chi connectivity index (χ2n) is 9.57. The average molecular weight is 526 g/mol. The molecule has 0 saturated heterocycles. The van der Waals surface area contributed by atoms with Gasteiger partial charge in [-0.2, -0.15) is 5.10 Å². The largest absolute Gasteiger partial charge is 0.335 e. The van der Waals surface area contributed by atoms with E-state index in [0.717, 1.165) is 50.0 Å². The van der Waals surface area contributed by atoms with Gasteiger partial charge < -0.3 is 14.9 Å². The fourth-order valence-corrected chi connectivity index (χ4v) is 4.80. The highest BCUT2D eigenvalue weighted by Crippen LogP contribution is 2.31. The van der Waals surface area contributed by atoms with Crippen molar-refractivity contribution >= 4 is 33.5 Å². The van der Waals surface area contributed by atoms with Crippen LogP contribution in [0.25, 0.3) is 50.3 Å². The molecule has 7 aromatic rings. The first-order valence-electron chi connectivity index (χ1n) is 12.7. The summed E-state index contributed by atoms with van der Waals surface area (Å²) in [6, 6.07) is 17.6. The topological polar surface area (TPSA) is 130 Å². The smallest absolute Gasteiger partial charge is 0.228 e. The number of benzene rings is 2. The van der Waals surface area contributed by atoms with Crippen molar-refractivity contribution in [2.75, 3.05) is 5.32 Å². The molecule has 0 spiro atoms. The number of carbonyl (C=O) groups excluding carboxylic acids is 1. The molecule has 0 saturated carbocycles. The first-order valence-corrected chi connectivity index (χ1v) is 12.7. The van der Waals surface area contributed by atoms with Crippen LogP contribution < -0.4 is 5.32 Å². The zero-order valence-electron chi connectivity index (χ0n) is 21.5. The first kappa shape index (κ1) is 23.5. The lowest BCUT2D eigenvalue weighted by atomic mass is 10.0. The van der Waals surface area contributed by atoms with E-state index in [1.165, 1.54) is 0 Å². The summed E-state index contributed by atoms with van der Waals surface area (Å²) >= 11 is 0. The minimum atomic E-state index is -0.0951. The fraction of sp³-hybridized carbons (Fsp3) is 0.0667. The van der Waals surface area contributed by atoms with Gasteiger partial charge >= 0.3 is 0 Å². The summed E-state index contributed by atoms with van der Waals surface area (Å²) < 4.78 is 1.91. The zero-order valence-corrected chi connectivity index (χ0v) is 21.5. The van der Waals surface area contributed by atoms with E-state index in [9.17, 15) is 4.79 Å². The molecule has 0 atom stereocenters. The van der Waals surface area contributed by atoms with Crippen LogP contribution in [0.2, 0.25) is 0 Å². The number of aromatic amines is 2. The zero-order chi connectivity index (χ0) is 27.1. The van der Waals surface area contributed by atoms with Crippen LogP contribution in [0, 0.1) is 6.92 Å². The Kier molecular flexibility index (Phi) is 5.63. The van der Waals surface area contributed by atoms with Gasteiger partial charge in [-0.25, -0.2) is 9.97 Å². The van der Waals surface area contributed by atoms with Gasteiger partial charge in [0.1, 0.15) is 11.2 Å². The molecule has 0 aliphatic heterocycles. The van der Waals surface area contributed by atoms with Crippen molar-refractivity contribution in [3.8, 4) is 28.3 Å². The maximum atomic E-state index is 12.6. The Labute approximate surface area is 228 Å². The van der Waals surface area contributed by atoms with Crippen molar-refractivity contribution in [2.24, 2.45) is 0 Å². The molecule has 7 rings (SSSR count). The quantitative estimate of drug-likeness (QED) is 0.272. The number of anilines is 1. The minimum Gasteiger partial charge on any atom is -0.335 e. The summed E-state index contributed by atoms with van der Waals surface area (Å²) in [5.74, 6) is 0.534. The summed E-state index contributed by atoms with van der Waals surface area (Å²) in [7, 11) is 0. The first-order chi connectivity index (χ1) is 19.6. The molecule has 5 heterocycles. The number of nitrogens with zero attached hydrogens (tertiary/aromatic N) is 6. The van der Waals surface area contributed by atoms with E-state index in [1.54, 1.807) is 31.1 Å². The fourth-order valence-electron chi connectivity index (χ4n) is 4.80. The summed E-state index contributed by atoms with van der Waals surface area (Å²) in [4.78, 5) is 33.9. The molecule has 2 aromatic carbocycles. The maximum Gasteiger partial charge on any atom is 0.228 e. The number of fused-ring (bicyclic) bond motifs is 2. The molecule has 3 N–H and O–H groups in total. The van der Waals surface area contributed by atoms with Gasteiger partial charge in [0.25, 0.3) is 0 Å².